The van der Waals surface area contributed by atoms with Crippen LogP contribution in [0.2, 0.25) is 13.1 Å². The molecule has 1 aliphatic rings. The van der Waals surface area contributed by atoms with Crippen LogP contribution in [0.5, 0.6) is 0 Å². The normalized spacial score (nSPS) is 11.0. The first kappa shape index (κ1) is 28.6. The SMILES string of the molecule is CCCCC(CC)C([NH-])=O.C[SiH]C.[Cl][Zr+2][Cl].[c-]1cccc2c1Cc1ccccc1-2. The number of unbranched alkanes of at least 4 members (excludes halogenated alkanes) is 1. The number of benzene rings is 2. The van der Waals surface area contributed by atoms with Crippen molar-refractivity contribution < 1.29 is 25.6 Å². The summed E-state index contributed by atoms with van der Waals surface area (Å²) in [4.78, 5) is 10.5. The number of rotatable bonds is 5. The maximum absolute atomic E-state index is 10.5. The van der Waals surface area contributed by atoms with Crippen LogP contribution in [0.3, 0.4) is 0 Å². The zero-order chi connectivity index (χ0) is 22.1. The predicted octanol–water partition coefficient (Wildman–Crippen LogP) is 7.74. The van der Waals surface area contributed by atoms with Crippen molar-refractivity contribution in [2.24, 2.45) is 5.92 Å². The standard InChI is InChI=1S/C13H9.C8H17NO.C2H7Si.2ClH.Zr/c1-3-7-12-10(5-1)9-11-6-2-4-8-13(11)12;1-3-5-6-7(4-2)8(9)10;1-3-2;;;/h1-5,7-8H,9H2;7H,3-6H2,1-2H3,(H2,9,10);3H,1-2H3;2*1H;/q-1;;;;;+4/p-3. The van der Waals surface area contributed by atoms with Gasteiger partial charge in [0.1, 0.15) is 0 Å². The molecular formula is C23H32Cl2NOSiZr. The third kappa shape index (κ3) is 11.5. The summed E-state index contributed by atoms with van der Waals surface area (Å²) in [6, 6.07) is 18.1. The van der Waals surface area contributed by atoms with E-state index in [1.54, 1.807) is 0 Å². The molecule has 1 aliphatic carbocycles. The molecule has 1 amide bonds. The minimum atomic E-state index is -0.826. The Bertz CT molecular complexity index is 655. The molecule has 2 aromatic rings. The minimum Gasteiger partial charge on any atom is -0.179 e. The number of fused-ring (bicyclic) bond motifs is 3. The van der Waals surface area contributed by atoms with Crippen molar-refractivity contribution in [3.8, 4) is 11.1 Å². The van der Waals surface area contributed by atoms with E-state index in [4.69, 9.17) is 22.8 Å². The molecule has 0 saturated heterocycles. The molecule has 1 N–H and O–H groups in total. The van der Waals surface area contributed by atoms with Crippen LogP contribution in [0, 0.1) is 12.0 Å². The summed E-state index contributed by atoms with van der Waals surface area (Å²) in [6.07, 6.45) is 4.96. The van der Waals surface area contributed by atoms with Crippen LogP contribution in [-0.4, -0.2) is 15.4 Å². The molecule has 0 aliphatic heterocycles. The summed E-state index contributed by atoms with van der Waals surface area (Å²) in [5.41, 5.74) is 12.4. The molecule has 1 radical (unpaired) electrons. The molecule has 2 nitrogen and oxygen atoms in total. The Balaban J connectivity index is 0.000000438. The van der Waals surface area contributed by atoms with E-state index in [1.807, 2.05) is 13.0 Å². The number of amides is 1. The van der Waals surface area contributed by atoms with E-state index < -0.39 is 26.8 Å². The number of carbonyl (C=O) groups excluding carboxylic acids is 1. The van der Waals surface area contributed by atoms with Crippen molar-refractivity contribution in [2.45, 2.75) is 59.0 Å². The van der Waals surface area contributed by atoms with E-state index in [-0.39, 0.29) is 5.92 Å². The Kier molecular flexibility index (Phi) is 18.1. The molecule has 0 heterocycles. The van der Waals surface area contributed by atoms with Gasteiger partial charge in [-0.2, -0.15) is 29.8 Å². The zero-order valence-electron chi connectivity index (χ0n) is 17.9. The fourth-order valence-corrected chi connectivity index (χ4v) is 2.97. The van der Waals surface area contributed by atoms with E-state index in [0.717, 1.165) is 41.6 Å². The van der Waals surface area contributed by atoms with E-state index >= 15 is 0 Å². The molecule has 0 saturated carbocycles. The summed E-state index contributed by atoms with van der Waals surface area (Å²) in [6.45, 7) is 8.48. The average Bonchev–Trinajstić information content (AvgIpc) is 3.09. The van der Waals surface area contributed by atoms with Crippen LogP contribution in [0.25, 0.3) is 16.9 Å². The zero-order valence-corrected chi connectivity index (χ0v) is 23.0. The van der Waals surface area contributed by atoms with Crippen molar-refractivity contribution in [1.29, 1.82) is 0 Å². The molecule has 1 unspecified atom stereocenters. The van der Waals surface area contributed by atoms with Gasteiger partial charge in [0.25, 0.3) is 0 Å². The molecule has 157 valence electrons. The molecule has 2 aromatic carbocycles. The number of hydrogen-bond donors (Lipinski definition) is 0. The molecule has 0 aromatic heterocycles. The fraction of sp³-hybridized carbons (Fsp3) is 0.435. The van der Waals surface area contributed by atoms with Gasteiger partial charge in [-0.1, -0.05) is 75.2 Å². The van der Waals surface area contributed by atoms with Crippen molar-refractivity contribution in [2.75, 3.05) is 0 Å². The van der Waals surface area contributed by atoms with Crippen LogP contribution in [-0.2, 0) is 32.1 Å². The second kappa shape index (κ2) is 18.4. The molecule has 3 rings (SSSR count). The van der Waals surface area contributed by atoms with E-state index in [1.165, 1.54) is 22.3 Å². The smallest absolute Gasteiger partial charge is 0.0253 e. The first-order chi connectivity index (χ1) is 14.0. The van der Waals surface area contributed by atoms with E-state index in [0.29, 0.717) is 0 Å². The monoisotopic (exact) mass is 526 g/mol. The summed E-state index contributed by atoms with van der Waals surface area (Å²) < 4.78 is 0. The van der Waals surface area contributed by atoms with Crippen molar-refractivity contribution >= 4 is 32.5 Å². The minimum absolute atomic E-state index is 0.0000463. The predicted molar refractivity (Wildman–Crippen MR) is 127 cm³/mol. The van der Waals surface area contributed by atoms with Gasteiger partial charge in [0, 0.05) is 9.52 Å². The molecule has 29 heavy (non-hydrogen) atoms. The van der Waals surface area contributed by atoms with E-state index in [9.17, 15) is 4.79 Å². The molecule has 0 fully saturated rings. The van der Waals surface area contributed by atoms with Crippen LogP contribution in [0.1, 0.15) is 50.7 Å². The molecule has 1 atom stereocenters. The summed E-state index contributed by atoms with van der Waals surface area (Å²) in [5, 5.41) is 0. The van der Waals surface area contributed by atoms with Crippen LogP contribution >= 0.6 is 17.0 Å². The summed E-state index contributed by atoms with van der Waals surface area (Å²) >= 11 is -0.826. The van der Waals surface area contributed by atoms with Gasteiger partial charge in [0.2, 0.25) is 0 Å². The first-order valence-electron chi connectivity index (χ1n) is 10.0. The fourth-order valence-electron chi connectivity index (χ4n) is 2.97. The van der Waals surface area contributed by atoms with Crippen molar-refractivity contribution in [3.05, 3.63) is 65.4 Å². The van der Waals surface area contributed by atoms with Gasteiger partial charge in [-0.05, 0) is 25.2 Å². The number of halogens is 2. The number of carbonyl (C=O) groups is 1. The van der Waals surface area contributed by atoms with Crippen molar-refractivity contribution in [3.63, 3.8) is 0 Å². The number of nitrogens with one attached hydrogen (secondary N) is 1. The molecular weight excluding hydrogens is 496 g/mol. The topological polar surface area (TPSA) is 40.9 Å². The summed E-state index contributed by atoms with van der Waals surface area (Å²) in [5.74, 6) is -0.393. The Labute approximate surface area is 198 Å². The summed E-state index contributed by atoms with van der Waals surface area (Å²) in [7, 11) is 10.6. The number of hydrogen-bond acceptors (Lipinski definition) is 1. The van der Waals surface area contributed by atoms with Gasteiger partial charge in [-0.3, -0.25) is 0 Å². The Morgan fingerprint density at radius 2 is 1.76 bits per heavy atom. The van der Waals surface area contributed by atoms with Gasteiger partial charge in [0.05, 0.1) is 5.91 Å². The second-order valence-electron chi connectivity index (χ2n) is 6.66. The average molecular weight is 529 g/mol. The Morgan fingerprint density at radius 1 is 1.17 bits per heavy atom. The van der Waals surface area contributed by atoms with Gasteiger partial charge in [0.15, 0.2) is 0 Å². The molecule has 0 bridgehead atoms. The Morgan fingerprint density at radius 3 is 2.31 bits per heavy atom. The Hall–Kier alpha value is -0.410. The van der Waals surface area contributed by atoms with E-state index in [2.05, 4.69) is 62.5 Å². The van der Waals surface area contributed by atoms with Crippen LogP contribution in [0.15, 0.2) is 42.5 Å². The van der Waals surface area contributed by atoms with Gasteiger partial charge < -0.3 is 10.5 Å². The largest absolute Gasteiger partial charge is 0.179 e. The second-order valence-corrected chi connectivity index (χ2v) is 11.5. The maximum Gasteiger partial charge on any atom is -0.0253 e. The van der Waals surface area contributed by atoms with Crippen molar-refractivity contribution in [1.82, 2.24) is 0 Å². The third-order valence-corrected chi connectivity index (χ3v) is 4.39. The first-order valence-corrected chi connectivity index (χ1v) is 18.7. The van der Waals surface area contributed by atoms with Gasteiger partial charge in [-0.15, -0.1) is 5.56 Å². The van der Waals surface area contributed by atoms with Gasteiger partial charge in [-0.25, -0.2) is 0 Å². The molecule has 6 heteroatoms. The maximum atomic E-state index is 10.5. The van der Waals surface area contributed by atoms with Crippen LogP contribution in [0.4, 0.5) is 0 Å². The van der Waals surface area contributed by atoms with Gasteiger partial charge >= 0.3 is 37.9 Å². The third-order valence-electron chi connectivity index (χ3n) is 4.39. The molecule has 0 spiro atoms. The van der Waals surface area contributed by atoms with Crippen LogP contribution < -0.4 is 0 Å². The quantitative estimate of drug-likeness (QED) is 0.247.